The quantitative estimate of drug-likeness (QED) is 0.186. The van der Waals surface area contributed by atoms with Gasteiger partial charge in [-0.05, 0) is 67.5 Å². The zero-order valence-electron chi connectivity index (χ0n) is 27.1. The lowest BCUT2D eigenvalue weighted by Gasteiger charge is -2.29. The SMILES string of the molecule is CCC(CC)C(=O)N1CCC[C@H]1C(=O)N[C@H](Cc1ccc2ccccc2c1)C(=O)NCCCNC[C@@H](C)OCc1ccccc1. The molecule has 3 N–H and O–H groups in total. The topological polar surface area (TPSA) is 99.8 Å². The largest absolute Gasteiger partial charge is 0.373 e. The van der Waals surface area contributed by atoms with Crippen molar-refractivity contribution in [1.29, 1.82) is 0 Å². The highest BCUT2D eigenvalue weighted by atomic mass is 16.5. The van der Waals surface area contributed by atoms with Crippen molar-refractivity contribution < 1.29 is 19.1 Å². The normalized spacial score (nSPS) is 16.1. The third-order valence-corrected chi connectivity index (χ3v) is 8.70. The lowest BCUT2D eigenvalue weighted by atomic mass is 10.00. The highest BCUT2D eigenvalue weighted by molar-refractivity contribution is 5.93. The summed E-state index contributed by atoms with van der Waals surface area (Å²) < 4.78 is 5.92. The molecule has 0 radical (unpaired) electrons. The Balaban J connectivity index is 1.31. The first kappa shape index (κ1) is 34.1. The summed E-state index contributed by atoms with van der Waals surface area (Å²) in [5.41, 5.74) is 2.12. The molecule has 1 saturated heterocycles. The van der Waals surface area contributed by atoms with Gasteiger partial charge in [0, 0.05) is 32.0 Å². The number of benzene rings is 3. The molecular weight excluding hydrogens is 564 g/mol. The van der Waals surface area contributed by atoms with E-state index < -0.39 is 12.1 Å². The molecule has 0 spiro atoms. The van der Waals surface area contributed by atoms with Crippen molar-refractivity contribution in [3.8, 4) is 0 Å². The Labute approximate surface area is 268 Å². The van der Waals surface area contributed by atoms with Crippen LogP contribution in [0.2, 0.25) is 0 Å². The van der Waals surface area contributed by atoms with Crippen LogP contribution in [0, 0.1) is 5.92 Å². The number of amides is 3. The first-order chi connectivity index (χ1) is 21.9. The van der Waals surface area contributed by atoms with E-state index in [1.165, 1.54) is 0 Å². The zero-order valence-corrected chi connectivity index (χ0v) is 27.1. The molecule has 3 aromatic rings. The van der Waals surface area contributed by atoms with Crippen molar-refractivity contribution in [2.45, 2.75) is 84.1 Å². The van der Waals surface area contributed by atoms with E-state index in [9.17, 15) is 14.4 Å². The van der Waals surface area contributed by atoms with Crippen LogP contribution >= 0.6 is 0 Å². The average molecular weight is 615 g/mol. The molecule has 3 aromatic carbocycles. The molecule has 3 amide bonds. The molecule has 3 atom stereocenters. The van der Waals surface area contributed by atoms with E-state index in [2.05, 4.69) is 40.2 Å². The van der Waals surface area contributed by atoms with Crippen LogP contribution in [0.25, 0.3) is 10.8 Å². The van der Waals surface area contributed by atoms with Crippen molar-refractivity contribution in [3.63, 3.8) is 0 Å². The fourth-order valence-electron chi connectivity index (χ4n) is 5.98. The summed E-state index contributed by atoms with van der Waals surface area (Å²) in [7, 11) is 0. The Kier molecular flexibility index (Phi) is 13.4. The maximum atomic E-state index is 13.6. The van der Waals surface area contributed by atoms with Crippen molar-refractivity contribution in [3.05, 3.63) is 83.9 Å². The Hall–Kier alpha value is -3.75. The summed E-state index contributed by atoms with van der Waals surface area (Å²) in [6.45, 7) is 9.16. The van der Waals surface area contributed by atoms with Gasteiger partial charge in [0.2, 0.25) is 17.7 Å². The van der Waals surface area contributed by atoms with Gasteiger partial charge in [0.1, 0.15) is 12.1 Å². The highest BCUT2D eigenvalue weighted by Crippen LogP contribution is 2.23. The second kappa shape index (κ2) is 17.7. The number of likely N-dealkylation sites (tertiary alicyclic amines) is 1. The van der Waals surface area contributed by atoms with Gasteiger partial charge >= 0.3 is 0 Å². The van der Waals surface area contributed by atoms with E-state index in [0.717, 1.165) is 60.7 Å². The molecule has 4 rings (SSSR count). The molecule has 8 heteroatoms. The molecule has 242 valence electrons. The van der Waals surface area contributed by atoms with E-state index in [-0.39, 0.29) is 29.7 Å². The van der Waals surface area contributed by atoms with Gasteiger partial charge in [-0.25, -0.2) is 0 Å². The first-order valence-corrected chi connectivity index (χ1v) is 16.6. The molecular formula is C37H50N4O4. The van der Waals surface area contributed by atoms with Crippen LogP contribution in [0.3, 0.4) is 0 Å². The highest BCUT2D eigenvalue weighted by Gasteiger charge is 2.37. The number of carbonyl (C=O) groups is 3. The fraction of sp³-hybridized carbons (Fsp3) is 0.486. The summed E-state index contributed by atoms with van der Waals surface area (Å²) in [4.78, 5) is 42.0. The zero-order chi connectivity index (χ0) is 32.0. The number of nitrogens with one attached hydrogen (secondary N) is 3. The lowest BCUT2D eigenvalue weighted by molar-refractivity contribution is -0.142. The van der Waals surface area contributed by atoms with Gasteiger partial charge in [0.25, 0.3) is 0 Å². The Morgan fingerprint density at radius 2 is 1.64 bits per heavy atom. The van der Waals surface area contributed by atoms with E-state index >= 15 is 0 Å². The lowest BCUT2D eigenvalue weighted by Crippen LogP contribution is -2.54. The van der Waals surface area contributed by atoms with Crippen LogP contribution in [-0.4, -0.2) is 67.0 Å². The number of hydrogen-bond acceptors (Lipinski definition) is 5. The molecule has 8 nitrogen and oxygen atoms in total. The number of nitrogens with zero attached hydrogens (tertiary/aromatic N) is 1. The number of carbonyl (C=O) groups excluding carboxylic acids is 3. The number of ether oxygens (including phenoxy) is 1. The van der Waals surface area contributed by atoms with Crippen molar-refractivity contribution in [1.82, 2.24) is 20.9 Å². The predicted octanol–water partition coefficient (Wildman–Crippen LogP) is 5.00. The molecule has 45 heavy (non-hydrogen) atoms. The van der Waals surface area contributed by atoms with E-state index in [1.807, 2.05) is 69.3 Å². The fourth-order valence-corrected chi connectivity index (χ4v) is 5.98. The summed E-state index contributed by atoms with van der Waals surface area (Å²) in [6, 6.07) is 23.1. The summed E-state index contributed by atoms with van der Waals surface area (Å²) >= 11 is 0. The third kappa shape index (κ3) is 10.1. The second-order valence-corrected chi connectivity index (χ2v) is 12.1. The molecule has 0 aromatic heterocycles. The molecule has 1 aliphatic heterocycles. The van der Waals surface area contributed by atoms with Crippen LogP contribution in [-0.2, 0) is 32.1 Å². The van der Waals surface area contributed by atoms with Crippen molar-refractivity contribution in [2.24, 2.45) is 5.92 Å². The maximum absolute atomic E-state index is 13.6. The molecule has 0 unspecified atom stereocenters. The van der Waals surface area contributed by atoms with Crippen LogP contribution in [0.15, 0.2) is 72.8 Å². The third-order valence-electron chi connectivity index (χ3n) is 8.70. The smallest absolute Gasteiger partial charge is 0.243 e. The van der Waals surface area contributed by atoms with Gasteiger partial charge in [-0.2, -0.15) is 0 Å². The van der Waals surface area contributed by atoms with Gasteiger partial charge < -0.3 is 25.6 Å². The summed E-state index contributed by atoms with van der Waals surface area (Å²) in [5, 5.41) is 11.7. The Morgan fingerprint density at radius 3 is 2.40 bits per heavy atom. The number of fused-ring (bicyclic) bond motifs is 1. The standard InChI is InChI=1S/C37H50N4O4/c1-4-30(5-2)37(44)41-22-11-17-34(41)36(43)40-33(24-29-18-19-31-15-9-10-16-32(31)23-29)35(42)39-21-12-20-38-25-27(3)45-26-28-13-7-6-8-14-28/h6-10,13-16,18-19,23,27,30,33-34,38H,4-5,11-12,17,20-22,24-26H2,1-3H3,(H,39,42)(H,40,43)/t27-,33-,34+/m1/s1. The monoisotopic (exact) mass is 614 g/mol. The van der Waals surface area contributed by atoms with Gasteiger partial charge in [0.15, 0.2) is 0 Å². The van der Waals surface area contributed by atoms with Crippen LogP contribution in [0.4, 0.5) is 0 Å². The van der Waals surface area contributed by atoms with E-state index in [1.54, 1.807) is 4.90 Å². The van der Waals surface area contributed by atoms with Gasteiger partial charge in [-0.1, -0.05) is 86.6 Å². The first-order valence-electron chi connectivity index (χ1n) is 16.6. The minimum atomic E-state index is -0.747. The second-order valence-electron chi connectivity index (χ2n) is 12.1. The van der Waals surface area contributed by atoms with Gasteiger partial charge in [-0.15, -0.1) is 0 Å². The minimum Gasteiger partial charge on any atom is -0.373 e. The molecule has 0 bridgehead atoms. The minimum absolute atomic E-state index is 0.0421. The molecule has 0 saturated carbocycles. The maximum Gasteiger partial charge on any atom is 0.243 e. The van der Waals surface area contributed by atoms with E-state index in [0.29, 0.717) is 32.5 Å². The molecule has 1 fully saturated rings. The van der Waals surface area contributed by atoms with Gasteiger partial charge in [0.05, 0.1) is 12.7 Å². The van der Waals surface area contributed by atoms with Gasteiger partial charge in [-0.3, -0.25) is 14.4 Å². The summed E-state index contributed by atoms with van der Waals surface area (Å²) in [5.74, 6) is -0.506. The van der Waals surface area contributed by atoms with Crippen LogP contribution in [0.1, 0.15) is 64.0 Å². The Bertz CT molecular complexity index is 1380. The van der Waals surface area contributed by atoms with E-state index in [4.69, 9.17) is 4.74 Å². The van der Waals surface area contributed by atoms with Crippen molar-refractivity contribution >= 4 is 28.5 Å². The molecule has 0 aliphatic carbocycles. The average Bonchev–Trinajstić information content (AvgIpc) is 3.56. The number of rotatable bonds is 17. The Morgan fingerprint density at radius 1 is 0.911 bits per heavy atom. The van der Waals surface area contributed by atoms with Crippen LogP contribution in [0.5, 0.6) is 0 Å². The van der Waals surface area contributed by atoms with Crippen molar-refractivity contribution in [2.75, 3.05) is 26.2 Å². The van der Waals surface area contributed by atoms with Crippen LogP contribution < -0.4 is 16.0 Å². The number of hydrogen-bond donors (Lipinski definition) is 3. The molecule has 1 heterocycles. The summed E-state index contributed by atoms with van der Waals surface area (Å²) in [6.07, 6.45) is 4.07. The molecule has 1 aliphatic rings. The predicted molar refractivity (Wildman–Crippen MR) is 180 cm³/mol.